The molecule has 1 fully saturated rings. The molecule has 0 aromatic carbocycles. The van der Waals surface area contributed by atoms with Crippen molar-refractivity contribution in [1.82, 2.24) is 20.1 Å². The van der Waals surface area contributed by atoms with Gasteiger partial charge in [0.15, 0.2) is 0 Å². The third-order valence-corrected chi connectivity index (χ3v) is 3.88. The fourth-order valence-electron chi connectivity index (χ4n) is 2.60. The lowest BCUT2D eigenvalue weighted by Crippen LogP contribution is -2.57. The lowest BCUT2D eigenvalue weighted by atomic mass is 9.73. The number of ether oxygens (including phenoxy) is 1. The Morgan fingerprint density at radius 3 is 2.76 bits per heavy atom. The normalized spacial score (nSPS) is 19.9. The Bertz CT molecular complexity index is 354. The highest BCUT2D eigenvalue weighted by Crippen LogP contribution is 2.39. The van der Waals surface area contributed by atoms with E-state index in [1.165, 1.54) is 6.42 Å². The SMILES string of the molecule is CCNC(Cc1ncnn1C)C1(OC)CCC1. The summed E-state index contributed by atoms with van der Waals surface area (Å²) in [7, 11) is 3.76. The van der Waals surface area contributed by atoms with E-state index in [1.54, 1.807) is 6.33 Å². The molecule has 1 atom stereocenters. The topological polar surface area (TPSA) is 52.0 Å². The van der Waals surface area contributed by atoms with Crippen LogP contribution in [0.3, 0.4) is 0 Å². The van der Waals surface area contributed by atoms with Crippen LogP contribution < -0.4 is 5.32 Å². The minimum absolute atomic E-state index is 0.00194. The van der Waals surface area contributed by atoms with Gasteiger partial charge in [-0.1, -0.05) is 6.92 Å². The third-order valence-electron chi connectivity index (χ3n) is 3.88. The molecule has 0 saturated heterocycles. The van der Waals surface area contributed by atoms with Crippen molar-refractivity contribution in [3.63, 3.8) is 0 Å². The van der Waals surface area contributed by atoms with Crippen molar-refractivity contribution in [3.8, 4) is 0 Å². The van der Waals surface area contributed by atoms with Gasteiger partial charge in [-0.25, -0.2) is 4.98 Å². The lowest BCUT2D eigenvalue weighted by molar-refractivity contribution is -0.0982. The first-order valence-corrected chi connectivity index (χ1v) is 6.33. The molecule has 96 valence electrons. The average Bonchev–Trinajstić information content (AvgIpc) is 2.64. The van der Waals surface area contributed by atoms with Crippen LogP contribution in [0.5, 0.6) is 0 Å². The molecular formula is C12H22N4O. The maximum atomic E-state index is 5.76. The summed E-state index contributed by atoms with van der Waals surface area (Å²) in [6, 6.07) is 0.328. The zero-order chi connectivity index (χ0) is 12.3. The van der Waals surface area contributed by atoms with E-state index in [0.29, 0.717) is 6.04 Å². The fraction of sp³-hybridized carbons (Fsp3) is 0.833. The lowest BCUT2D eigenvalue weighted by Gasteiger charge is -2.46. The van der Waals surface area contributed by atoms with Gasteiger partial charge in [0.05, 0.1) is 5.60 Å². The van der Waals surface area contributed by atoms with E-state index < -0.39 is 0 Å². The monoisotopic (exact) mass is 238 g/mol. The van der Waals surface area contributed by atoms with E-state index in [4.69, 9.17) is 4.74 Å². The second-order valence-electron chi connectivity index (χ2n) is 4.74. The van der Waals surface area contributed by atoms with Gasteiger partial charge in [-0.2, -0.15) is 5.10 Å². The molecule has 1 aliphatic rings. The third kappa shape index (κ3) is 2.35. The van der Waals surface area contributed by atoms with Crippen molar-refractivity contribution in [1.29, 1.82) is 0 Å². The summed E-state index contributed by atoms with van der Waals surface area (Å²) in [5.41, 5.74) is 0.00194. The first-order valence-electron chi connectivity index (χ1n) is 6.33. The number of nitrogens with one attached hydrogen (secondary N) is 1. The second-order valence-corrected chi connectivity index (χ2v) is 4.74. The first kappa shape index (κ1) is 12.5. The standard InChI is InChI=1S/C12H22N4O/c1-4-13-10(12(17-3)6-5-7-12)8-11-14-9-15-16(11)2/h9-10,13H,4-8H2,1-3H3. The predicted molar refractivity (Wildman–Crippen MR) is 65.8 cm³/mol. The van der Waals surface area contributed by atoms with E-state index in [1.807, 2.05) is 18.8 Å². The van der Waals surface area contributed by atoms with Crippen LogP contribution in [0.1, 0.15) is 32.0 Å². The molecule has 0 bridgehead atoms. The van der Waals surface area contributed by atoms with E-state index in [2.05, 4.69) is 22.3 Å². The molecule has 0 spiro atoms. The van der Waals surface area contributed by atoms with Crippen LogP contribution in [0.25, 0.3) is 0 Å². The zero-order valence-electron chi connectivity index (χ0n) is 10.9. The number of hydrogen-bond acceptors (Lipinski definition) is 4. The first-order chi connectivity index (χ1) is 8.22. The van der Waals surface area contributed by atoms with Gasteiger partial charge >= 0.3 is 0 Å². The Morgan fingerprint density at radius 2 is 2.35 bits per heavy atom. The maximum Gasteiger partial charge on any atom is 0.138 e. The van der Waals surface area contributed by atoms with Crippen LogP contribution in [-0.4, -0.2) is 40.1 Å². The number of aromatic nitrogens is 3. The second kappa shape index (κ2) is 5.14. The molecular weight excluding hydrogens is 216 g/mol. The summed E-state index contributed by atoms with van der Waals surface area (Å²) in [6.07, 6.45) is 6.02. The smallest absolute Gasteiger partial charge is 0.138 e. The molecule has 17 heavy (non-hydrogen) atoms. The average molecular weight is 238 g/mol. The zero-order valence-corrected chi connectivity index (χ0v) is 10.9. The molecule has 0 aliphatic heterocycles. The van der Waals surface area contributed by atoms with Crippen molar-refractivity contribution < 1.29 is 4.74 Å². The van der Waals surface area contributed by atoms with Crippen LogP contribution in [0, 0.1) is 0 Å². The highest BCUT2D eigenvalue weighted by atomic mass is 16.5. The van der Waals surface area contributed by atoms with Gasteiger partial charge in [0.2, 0.25) is 0 Å². The van der Waals surface area contributed by atoms with Gasteiger partial charge < -0.3 is 10.1 Å². The summed E-state index contributed by atoms with van der Waals surface area (Å²) in [4.78, 5) is 4.30. The number of likely N-dealkylation sites (N-methyl/N-ethyl adjacent to an activating group) is 1. The van der Waals surface area contributed by atoms with E-state index in [-0.39, 0.29) is 5.60 Å². The van der Waals surface area contributed by atoms with Gasteiger partial charge in [-0.15, -0.1) is 0 Å². The van der Waals surface area contributed by atoms with Crippen LogP contribution in [0.2, 0.25) is 0 Å². The van der Waals surface area contributed by atoms with Gasteiger partial charge in [0.25, 0.3) is 0 Å². The number of methoxy groups -OCH3 is 1. The molecule has 1 aliphatic carbocycles. The minimum Gasteiger partial charge on any atom is -0.377 e. The number of aryl methyl sites for hydroxylation is 1. The summed E-state index contributed by atoms with van der Waals surface area (Å²) in [6.45, 7) is 3.08. The van der Waals surface area contributed by atoms with Gasteiger partial charge in [0, 0.05) is 26.6 Å². The van der Waals surface area contributed by atoms with Crippen molar-refractivity contribution in [2.75, 3.05) is 13.7 Å². The predicted octanol–water partition coefficient (Wildman–Crippen LogP) is 0.905. The van der Waals surface area contributed by atoms with Crippen LogP contribution >= 0.6 is 0 Å². The summed E-state index contributed by atoms with van der Waals surface area (Å²) < 4.78 is 7.60. The minimum atomic E-state index is 0.00194. The summed E-state index contributed by atoms with van der Waals surface area (Å²) in [5.74, 6) is 1.01. The van der Waals surface area contributed by atoms with E-state index in [0.717, 1.165) is 31.6 Å². The maximum absolute atomic E-state index is 5.76. The molecule has 1 aromatic heterocycles. The van der Waals surface area contributed by atoms with Crippen molar-refractivity contribution >= 4 is 0 Å². The molecule has 0 amide bonds. The molecule has 1 saturated carbocycles. The Kier molecular flexibility index (Phi) is 3.79. The molecule has 5 nitrogen and oxygen atoms in total. The Hall–Kier alpha value is -0.940. The van der Waals surface area contributed by atoms with Crippen LogP contribution in [0.4, 0.5) is 0 Å². The van der Waals surface area contributed by atoms with Crippen LogP contribution in [-0.2, 0) is 18.2 Å². The van der Waals surface area contributed by atoms with Gasteiger partial charge in [-0.3, -0.25) is 4.68 Å². The molecule has 1 unspecified atom stereocenters. The van der Waals surface area contributed by atoms with Crippen LogP contribution in [0.15, 0.2) is 6.33 Å². The van der Waals surface area contributed by atoms with Crippen molar-refractivity contribution in [3.05, 3.63) is 12.2 Å². The molecule has 1 aromatic rings. The van der Waals surface area contributed by atoms with E-state index in [9.17, 15) is 0 Å². The molecule has 1 heterocycles. The van der Waals surface area contributed by atoms with Gasteiger partial charge in [0.1, 0.15) is 12.2 Å². The molecule has 2 rings (SSSR count). The highest BCUT2D eigenvalue weighted by molar-refractivity contribution is 5.04. The Balaban J connectivity index is 2.09. The van der Waals surface area contributed by atoms with Crippen molar-refractivity contribution in [2.45, 2.75) is 44.2 Å². The Labute approximate surface area is 103 Å². The highest BCUT2D eigenvalue weighted by Gasteiger charge is 2.44. The van der Waals surface area contributed by atoms with E-state index >= 15 is 0 Å². The number of hydrogen-bond donors (Lipinski definition) is 1. The summed E-state index contributed by atoms with van der Waals surface area (Å²) in [5, 5.41) is 7.65. The van der Waals surface area contributed by atoms with Gasteiger partial charge in [-0.05, 0) is 25.8 Å². The number of nitrogens with zero attached hydrogens (tertiary/aromatic N) is 3. The quantitative estimate of drug-likeness (QED) is 0.800. The number of rotatable bonds is 6. The fourth-order valence-corrected chi connectivity index (χ4v) is 2.60. The molecule has 0 radical (unpaired) electrons. The summed E-state index contributed by atoms with van der Waals surface area (Å²) >= 11 is 0. The Morgan fingerprint density at radius 1 is 1.59 bits per heavy atom. The molecule has 5 heteroatoms. The molecule has 1 N–H and O–H groups in total. The van der Waals surface area contributed by atoms with Crippen molar-refractivity contribution in [2.24, 2.45) is 7.05 Å². The largest absolute Gasteiger partial charge is 0.377 e.